The minimum absolute atomic E-state index is 0.0911. The number of ketones is 1. The van der Waals surface area contributed by atoms with Crippen molar-refractivity contribution >= 4 is 5.78 Å². The standard InChI is InChI=1S/C15H13FN2O/c16-12-7-11(8-17-9-12)15(19)13-5-1-3-10-4-2-6-18-14(10)13/h2,4,6-9,13H,1,3,5H2. The van der Waals surface area contributed by atoms with E-state index in [2.05, 4.69) is 9.97 Å². The van der Waals surface area contributed by atoms with Gasteiger partial charge in [-0.2, -0.15) is 0 Å². The van der Waals surface area contributed by atoms with Crippen molar-refractivity contribution in [2.24, 2.45) is 0 Å². The molecule has 4 heteroatoms. The zero-order valence-corrected chi connectivity index (χ0v) is 10.3. The first-order chi connectivity index (χ1) is 9.25. The second-order valence-corrected chi connectivity index (χ2v) is 4.75. The maximum Gasteiger partial charge on any atom is 0.173 e. The highest BCUT2D eigenvalue weighted by atomic mass is 19.1. The number of aryl methyl sites for hydroxylation is 1. The lowest BCUT2D eigenvalue weighted by Gasteiger charge is -2.23. The summed E-state index contributed by atoms with van der Waals surface area (Å²) in [5, 5.41) is 0. The minimum atomic E-state index is -0.483. The molecule has 3 nitrogen and oxygen atoms in total. The average Bonchev–Trinajstić information content (AvgIpc) is 2.46. The van der Waals surface area contributed by atoms with E-state index >= 15 is 0 Å². The van der Waals surface area contributed by atoms with Crippen molar-refractivity contribution < 1.29 is 9.18 Å². The third kappa shape index (κ3) is 2.26. The van der Waals surface area contributed by atoms with Crippen molar-refractivity contribution in [1.82, 2.24) is 9.97 Å². The SMILES string of the molecule is O=C(c1cncc(F)c1)C1CCCc2cccnc21. The number of halogens is 1. The van der Waals surface area contributed by atoms with Crippen LogP contribution >= 0.6 is 0 Å². The van der Waals surface area contributed by atoms with Crippen LogP contribution in [0.25, 0.3) is 0 Å². The molecule has 0 aliphatic heterocycles. The molecule has 1 aliphatic rings. The second kappa shape index (κ2) is 4.88. The lowest BCUT2D eigenvalue weighted by molar-refractivity contribution is 0.0948. The molecule has 0 N–H and O–H groups in total. The second-order valence-electron chi connectivity index (χ2n) is 4.75. The van der Waals surface area contributed by atoms with Crippen LogP contribution in [-0.4, -0.2) is 15.8 Å². The van der Waals surface area contributed by atoms with Crippen molar-refractivity contribution in [2.45, 2.75) is 25.2 Å². The molecular weight excluding hydrogens is 243 g/mol. The van der Waals surface area contributed by atoms with Gasteiger partial charge < -0.3 is 0 Å². The number of nitrogens with zero attached hydrogens (tertiary/aromatic N) is 2. The molecule has 1 unspecified atom stereocenters. The summed E-state index contributed by atoms with van der Waals surface area (Å²) >= 11 is 0. The highest BCUT2D eigenvalue weighted by Crippen LogP contribution is 2.32. The molecule has 2 heterocycles. The van der Waals surface area contributed by atoms with Gasteiger partial charge >= 0.3 is 0 Å². The number of rotatable bonds is 2. The van der Waals surface area contributed by atoms with Crippen LogP contribution in [0.5, 0.6) is 0 Å². The quantitative estimate of drug-likeness (QED) is 0.776. The fourth-order valence-electron chi connectivity index (χ4n) is 2.61. The van der Waals surface area contributed by atoms with E-state index in [1.54, 1.807) is 6.20 Å². The third-order valence-electron chi connectivity index (χ3n) is 3.50. The molecule has 1 aliphatic carbocycles. The summed E-state index contributed by atoms with van der Waals surface area (Å²) < 4.78 is 13.2. The van der Waals surface area contributed by atoms with Gasteiger partial charge in [-0.25, -0.2) is 4.39 Å². The summed E-state index contributed by atoms with van der Waals surface area (Å²) in [6.07, 6.45) is 6.90. The number of carbonyl (C=O) groups excluding carboxylic acids is 1. The monoisotopic (exact) mass is 256 g/mol. The summed E-state index contributed by atoms with van der Waals surface area (Å²) in [7, 11) is 0. The lowest BCUT2D eigenvalue weighted by atomic mass is 9.82. The number of carbonyl (C=O) groups is 1. The average molecular weight is 256 g/mol. The van der Waals surface area contributed by atoms with E-state index in [-0.39, 0.29) is 11.7 Å². The van der Waals surface area contributed by atoms with Crippen molar-refractivity contribution in [3.05, 3.63) is 59.4 Å². The van der Waals surface area contributed by atoms with E-state index in [4.69, 9.17) is 0 Å². The van der Waals surface area contributed by atoms with E-state index in [1.807, 2.05) is 12.1 Å². The van der Waals surface area contributed by atoms with Crippen LogP contribution in [-0.2, 0) is 6.42 Å². The molecule has 0 radical (unpaired) electrons. The van der Waals surface area contributed by atoms with Gasteiger partial charge in [0.2, 0.25) is 0 Å². The summed E-state index contributed by atoms with van der Waals surface area (Å²) in [4.78, 5) is 20.5. The van der Waals surface area contributed by atoms with Crippen LogP contribution in [0.2, 0.25) is 0 Å². The first-order valence-electron chi connectivity index (χ1n) is 6.34. The van der Waals surface area contributed by atoms with Crippen LogP contribution in [0.3, 0.4) is 0 Å². The predicted molar refractivity (Wildman–Crippen MR) is 68.4 cm³/mol. The zero-order chi connectivity index (χ0) is 13.2. The Balaban J connectivity index is 1.98. The fraction of sp³-hybridized carbons (Fsp3) is 0.267. The molecule has 2 aromatic rings. The molecular formula is C15H13FN2O. The molecule has 0 bridgehead atoms. The van der Waals surface area contributed by atoms with Gasteiger partial charge in [0, 0.05) is 18.0 Å². The molecule has 1 atom stereocenters. The van der Waals surface area contributed by atoms with Crippen LogP contribution in [0.1, 0.15) is 40.4 Å². The van der Waals surface area contributed by atoms with E-state index in [1.165, 1.54) is 12.3 Å². The largest absolute Gasteiger partial charge is 0.293 e. The molecule has 96 valence electrons. The summed E-state index contributed by atoms with van der Waals surface area (Å²) in [6.45, 7) is 0. The van der Waals surface area contributed by atoms with Crippen molar-refractivity contribution in [1.29, 1.82) is 0 Å². The summed E-state index contributed by atoms with van der Waals surface area (Å²) in [6, 6.07) is 5.13. The van der Waals surface area contributed by atoms with E-state index < -0.39 is 5.82 Å². The van der Waals surface area contributed by atoms with Gasteiger partial charge in [0.1, 0.15) is 5.82 Å². The number of aromatic nitrogens is 2. The topological polar surface area (TPSA) is 42.9 Å². The van der Waals surface area contributed by atoms with E-state index in [0.717, 1.165) is 36.7 Å². The van der Waals surface area contributed by atoms with Gasteiger partial charge in [0.05, 0.1) is 17.8 Å². The van der Waals surface area contributed by atoms with Crippen LogP contribution < -0.4 is 0 Å². The van der Waals surface area contributed by atoms with Crippen LogP contribution in [0.4, 0.5) is 4.39 Å². The Hall–Kier alpha value is -2.10. The molecule has 0 amide bonds. The molecule has 2 aromatic heterocycles. The van der Waals surface area contributed by atoms with Gasteiger partial charge in [-0.15, -0.1) is 0 Å². The minimum Gasteiger partial charge on any atom is -0.293 e. The predicted octanol–water partition coefficient (Wildman–Crippen LogP) is 2.92. The molecule has 3 rings (SSSR count). The van der Waals surface area contributed by atoms with Gasteiger partial charge in [-0.3, -0.25) is 14.8 Å². The Kier molecular flexibility index (Phi) is 3.07. The molecule has 19 heavy (non-hydrogen) atoms. The fourth-order valence-corrected chi connectivity index (χ4v) is 2.61. The highest BCUT2D eigenvalue weighted by molar-refractivity contribution is 6.00. The summed E-state index contributed by atoms with van der Waals surface area (Å²) in [5.41, 5.74) is 2.28. The van der Waals surface area contributed by atoms with Crippen molar-refractivity contribution in [3.8, 4) is 0 Å². The van der Waals surface area contributed by atoms with Crippen molar-refractivity contribution in [3.63, 3.8) is 0 Å². The van der Waals surface area contributed by atoms with Gasteiger partial charge in [0.15, 0.2) is 5.78 Å². The van der Waals surface area contributed by atoms with Gasteiger partial charge in [0.25, 0.3) is 0 Å². The number of fused-ring (bicyclic) bond motifs is 1. The maximum atomic E-state index is 13.2. The molecule has 0 saturated carbocycles. The lowest BCUT2D eigenvalue weighted by Crippen LogP contribution is -2.20. The Morgan fingerprint density at radius 3 is 3.11 bits per heavy atom. The molecule has 0 spiro atoms. The zero-order valence-electron chi connectivity index (χ0n) is 10.3. The number of hydrogen-bond donors (Lipinski definition) is 0. The number of hydrogen-bond acceptors (Lipinski definition) is 3. The van der Waals surface area contributed by atoms with E-state index in [0.29, 0.717) is 5.56 Å². The maximum absolute atomic E-state index is 13.2. The Bertz CT molecular complexity index is 627. The normalized spacial score (nSPS) is 17.8. The summed E-state index contributed by atoms with van der Waals surface area (Å²) in [5.74, 6) is -0.844. The van der Waals surface area contributed by atoms with Crippen LogP contribution in [0, 0.1) is 5.82 Å². The number of pyridine rings is 2. The van der Waals surface area contributed by atoms with Crippen molar-refractivity contribution in [2.75, 3.05) is 0 Å². The highest BCUT2D eigenvalue weighted by Gasteiger charge is 2.28. The Morgan fingerprint density at radius 1 is 1.37 bits per heavy atom. The molecule has 0 aromatic carbocycles. The Morgan fingerprint density at radius 2 is 2.26 bits per heavy atom. The first kappa shape index (κ1) is 12.0. The van der Waals surface area contributed by atoms with Gasteiger partial charge in [-0.1, -0.05) is 6.07 Å². The smallest absolute Gasteiger partial charge is 0.173 e. The molecule has 0 saturated heterocycles. The van der Waals surface area contributed by atoms with Crippen LogP contribution in [0.15, 0.2) is 36.8 Å². The Labute approximate surface area is 110 Å². The van der Waals surface area contributed by atoms with Gasteiger partial charge in [-0.05, 0) is 37.0 Å². The molecule has 0 fully saturated rings. The van der Waals surface area contributed by atoms with E-state index in [9.17, 15) is 9.18 Å². The third-order valence-corrected chi connectivity index (χ3v) is 3.50. The number of Topliss-reactive ketones (excluding diaryl/α,β-unsaturated/α-hetero) is 1. The first-order valence-corrected chi connectivity index (χ1v) is 6.34.